The highest BCUT2D eigenvalue weighted by Gasteiger charge is 2.36. The standard InChI is InChI=1S/C5H7Cl3Si/c6-9(7,8)5-3-1-2-4-5/h1-2,5H,3-4H2. The van der Waals surface area contributed by atoms with Crippen molar-refractivity contribution >= 4 is 39.2 Å². The number of hydrogen-bond acceptors (Lipinski definition) is 0. The van der Waals surface area contributed by atoms with Gasteiger partial charge in [0.25, 0.3) is 0 Å². The largest absolute Gasteiger partial charge is 0.344 e. The Hall–Kier alpha value is 0.827. The summed E-state index contributed by atoms with van der Waals surface area (Å²) in [5.74, 6) is 0. The van der Waals surface area contributed by atoms with E-state index in [1.165, 1.54) is 0 Å². The number of hydrogen-bond donors (Lipinski definition) is 0. The summed E-state index contributed by atoms with van der Waals surface area (Å²) in [5, 5.41) is 0. The third-order valence-electron chi connectivity index (χ3n) is 1.47. The molecular weight excluding hydrogens is 194 g/mol. The molecule has 52 valence electrons. The van der Waals surface area contributed by atoms with Crippen molar-refractivity contribution in [1.29, 1.82) is 0 Å². The second-order valence-corrected chi connectivity index (χ2v) is 11.2. The van der Waals surface area contributed by atoms with Gasteiger partial charge in [-0.1, -0.05) is 12.2 Å². The van der Waals surface area contributed by atoms with E-state index in [0.717, 1.165) is 12.8 Å². The average Bonchev–Trinajstić information content (AvgIpc) is 2.08. The summed E-state index contributed by atoms with van der Waals surface area (Å²) in [7, 11) is 0. The quantitative estimate of drug-likeness (QED) is 0.347. The molecule has 0 fully saturated rings. The van der Waals surface area contributed by atoms with E-state index in [0.29, 0.717) is 5.54 Å². The van der Waals surface area contributed by atoms with Crippen LogP contribution in [0.5, 0.6) is 0 Å². The van der Waals surface area contributed by atoms with E-state index in [2.05, 4.69) is 12.2 Å². The molecule has 0 unspecified atom stereocenters. The summed E-state index contributed by atoms with van der Waals surface area (Å²) in [4.78, 5) is 0. The summed E-state index contributed by atoms with van der Waals surface area (Å²) in [6, 6.07) is -2.37. The minimum atomic E-state index is -2.37. The van der Waals surface area contributed by atoms with Gasteiger partial charge in [0.1, 0.15) is 0 Å². The van der Waals surface area contributed by atoms with Crippen molar-refractivity contribution in [3.05, 3.63) is 12.2 Å². The van der Waals surface area contributed by atoms with E-state index in [1.54, 1.807) is 0 Å². The number of rotatable bonds is 1. The van der Waals surface area contributed by atoms with Crippen LogP contribution in [-0.4, -0.2) is 6.00 Å². The maximum absolute atomic E-state index is 5.77. The third kappa shape index (κ3) is 2.15. The number of halogens is 3. The zero-order valence-electron chi connectivity index (χ0n) is 4.78. The van der Waals surface area contributed by atoms with Gasteiger partial charge in [0.2, 0.25) is 0 Å². The molecule has 0 spiro atoms. The lowest BCUT2D eigenvalue weighted by Crippen LogP contribution is -2.16. The highest BCUT2D eigenvalue weighted by Crippen LogP contribution is 2.41. The van der Waals surface area contributed by atoms with Crippen molar-refractivity contribution in [2.75, 3.05) is 0 Å². The molecule has 1 aliphatic carbocycles. The molecule has 0 saturated carbocycles. The van der Waals surface area contributed by atoms with E-state index < -0.39 is 6.00 Å². The van der Waals surface area contributed by atoms with Gasteiger partial charge >= 0.3 is 6.00 Å². The average molecular weight is 202 g/mol. The van der Waals surface area contributed by atoms with Gasteiger partial charge in [0, 0.05) is 5.54 Å². The van der Waals surface area contributed by atoms with Crippen molar-refractivity contribution in [3.8, 4) is 0 Å². The van der Waals surface area contributed by atoms with Crippen LogP contribution in [0, 0.1) is 0 Å². The fraction of sp³-hybridized carbons (Fsp3) is 0.600. The molecule has 9 heavy (non-hydrogen) atoms. The fourth-order valence-corrected chi connectivity index (χ4v) is 3.29. The predicted molar refractivity (Wildman–Crippen MR) is 45.4 cm³/mol. The molecule has 0 radical (unpaired) electrons. The highest BCUT2D eigenvalue weighted by atomic mass is 35.8. The van der Waals surface area contributed by atoms with Crippen molar-refractivity contribution in [3.63, 3.8) is 0 Å². The Labute approximate surface area is 69.9 Å². The molecule has 4 heteroatoms. The van der Waals surface area contributed by atoms with Crippen molar-refractivity contribution < 1.29 is 0 Å². The second kappa shape index (κ2) is 2.83. The Morgan fingerprint density at radius 1 is 1.11 bits per heavy atom. The summed E-state index contributed by atoms with van der Waals surface area (Å²) in [5.41, 5.74) is 0.336. The van der Waals surface area contributed by atoms with Gasteiger partial charge in [0.05, 0.1) is 0 Å². The normalized spacial score (nSPS) is 21.2. The maximum Gasteiger partial charge on any atom is 0.344 e. The molecule has 0 aromatic rings. The molecule has 1 aliphatic rings. The second-order valence-electron chi connectivity index (χ2n) is 2.18. The van der Waals surface area contributed by atoms with Crippen LogP contribution in [-0.2, 0) is 0 Å². The lowest BCUT2D eigenvalue weighted by molar-refractivity contribution is 0.910. The number of allylic oxidation sites excluding steroid dienone is 2. The van der Waals surface area contributed by atoms with Crippen LogP contribution in [0.25, 0.3) is 0 Å². The highest BCUT2D eigenvalue weighted by molar-refractivity contribution is 7.65. The first-order chi connectivity index (χ1) is 4.11. The van der Waals surface area contributed by atoms with Gasteiger partial charge < -0.3 is 0 Å². The van der Waals surface area contributed by atoms with E-state index >= 15 is 0 Å². The third-order valence-corrected chi connectivity index (χ3v) is 5.65. The molecule has 0 aliphatic heterocycles. The van der Waals surface area contributed by atoms with Crippen LogP contribution < -0.4 is 0 Å². The van der Waals surface area contributed by atoms with Gasteiger partial charge in [-0.15, -0.1) is 33.2 Å². The van der Waals surface area contributed by atoms with Crippen molar-refractivity contribution in [1.82, 2.24) is 0 Å². The Bertz CT molecular complexity index is 119. The van der Waals surface area contributed by atoms with E-state index in [9.17, 15) is 0 Å². The smallest absolute Gasteiger partial charge is 0.126 e. The molecule has 1 rings (SSSR count). The molecule has 0 aromatic heterocycles. The maximum atomic E-state index is 5.77. The summed E-state index contributed by atoms with van der Waals surface area (Å²) < 4.78 is 0. The minimum absolute atomic E-state index is 0.336. The topological polar surface area (TPSA) is 0 Å². The monoisotopic (exact) mass is 200 g/mol. The van der Waals surface area contributed by atoms with Crippen LogP contribution >= 0.6 is 33.2 Å². The lowest BCUT2D eigenvalue weighted by Gasteiger charge is -2.14. The first-order valence-corrected chi connectivity index (χ1v) is 7.93. The molecule has 0 heterocycles. The minimum Gasteiger partial charge on any atom is -0.126 e. The van der Waals surface area contributed by atoms with E-state index in [4.69, 9.17) is 33.2 Å². The molecular formula is C5H7Cl3Si. The molecule has 0 nitrogen and oxygen atoms in total. The van der Waals surface area contributed by atoms with Gasteiger partial charge in [-0.3, -0.25) is 0 Å². The molecule has 0 bridgehead atoms. The van der Waals surface area contributed by atoms with E-state index in [1.807, 2.05) is 0 Å². The zero-order valence-corrected chi connectivity index (χ0v) is 8.05. The van der Waals surface area contributed by atoms with Gasteiger partial charge in [-0.05, 0) is 12.8 Å². The summed E-state index contributed by atoms with van der Waals surface area (Å²) in [6.07, 6.45) is 6.09. The molecule has 0 amide bonds. The fourth-order valence-electron chi connectivity index (χ4n) is 0.884. The predicted octanol–water partition coefficient (Wildman–Crippen LogP) is 3.36. The van der Waals surface area contributed by atoms with Crippen molar-refractivity contribution in [2.24, 2.45) is 0 Å². The Morgan fingerprint density at radius 3 is 1.78 bits per heavy atom. The van der Waals surface area contributed by atoms with Crippen molar-refractivity contribution in [2.45, 2.75) is 18.4 Å². The van der Waals surface area contributed by atoms with Gasteiger partial charge in [-0.2, -0.15) is 0 Å². The molecule has 0 saturated heterocycles. The zero-order chi connectivity index (χ0) is 6.91. The Kier molecular flexibility index (Phi) is 2.49. The molecule has 0 atom stereocenters. The van der Waals surface area contributed by atoms with Crippen LogP contribution in [0.4, 0.5) is 0 Å². The summed E-state index contributed by atoms with van der Waals surface area (Å²) in [6.45, 7) is 0. The van der Waals surface area contributed by atoms with Crippen LogP contribution in [0.2, 0.25) is 5.54 Å². The first kappa shape index (κ1) is 7.93. The SMILES string of the molecule is Cl[Si](Cl)(Cl)C1CC=CC1. The van der Waals surface area contributed by atoms with Gasteiger partial charge in [0.15, 0.2) is 0 Å². The van der Waals surface area contributed by atoms with Gasteiger partial charge in [-0.25, -0.2) is 0 Å². The lowest BCUT2D eigenvalue weighted by atomic mass is 10.3. The molecule has 0 aromatic carbocycles. The van der Waals surface area contributed by atoms with Crippen LogP contribution in [0.1, 0.15) is 12.8 Å². The van der Waals surface area contributed by atoms with Crippen LogP contribution in [0.15, 0.2) is 12.2 Å². The van der Waals surface area contributed by atoms with E-state index in [-0.39, 0.29) is 0 Å². The van der Waals surface area contributed by atoms with Crippen LogP contribution in [0.3, 0.4) is 0 Å². The summed E-state index contributed by atoms with van der Waals surface area (Å²) >= 11 is 17.3. The first-order valence-electron chi connectivity index (χ1n) is 2.82. The Morgan fingerprint density at radius 2 is 1.56 bits per heavy atom. The molecule has 0 N–H and O–H groups in total. The Balaban J connectivity index is 2.46.